The van der Waals surface area contributed by atoms with E-state index in [1.54, 1.807) is 0 Å². The Morgan fingerprint density at radius 2 is 1.59 bits per heavy atom. The Bertz CT molecular complexity index is 483. The van der Waals surface area contributed by atoms with E-state index >= 15 is 0 Å². The maximum absolute atomic E-state index is 5.98. The van der Waals surface area contributed by atoms with E-state index in [9.17, 15) is 0 Å². The number of hydrogen-bond donors (Lipinski definition) is 0. The summed E-state index contributed by atoms with van der Waals surface area (Å²) in [5.74, 6) is 0.929. The van der Waals surface area contributed by atoms with Gasteiger partial charge in [0.2, 0.25) is 0 Å². The molecule has 2 rings (SSSR count). The lowest BCUT2D eigenvalue weighted by atomic mass is 10.1. The topological polar surface area (TPSA) is 9.23 Å². The molecule has 0 aliphatic carbocycles. The molecular formula is C15H15ClO. The van der Waals surface area contributed by atoms with Crippen molar-refractivity contribution >= 4 is 11.6 Å². The van der Waals surface area contributed by atoms with Gasteiger partial charge in [0.05, 0.1) is 0 Å². The van der Waals surface area contributed by atoms with E-state index in [-0.39, 0.29) is 0 Å². The summed E-state index contributed by atoms with van der Waals surface area (Å²) < 4.78 is 5.85. The van der Waals surface area contributed by atoms with Gasteiger partial charge in [0, 0.05) is 5.02 Å². The zero-order valence-corrected chi connectivity index (χ0v) is 10.8. The van der Waals surface area contributed by atoms with E-state index in [2.05, 4.69) is 12.1 Å². The molecule has 17 heavy (non-hydrogen) atoms. The zero-order valence-electron chi connectivity index (χ0n) is 10.0. The highest BCUT2D eigenvalue weighted by Crippen LogP contribution is 2.27. The second-order valence-corrected chi connectivity index (χ2v) is 4.58. The third-order valence-corrected chi connectivity index (χ3v) is 2.87. The first kappa shape index (κ1) is 12.0. The minimum absolute atomic E-state index is 0.587. The van der Waals surface area contributed by atoms with E-state index in [1.165, 1.54) is 5.56 Å². The van der Waals surface area contributed by atoms with E-state index < -0.39 is 0 Å². The van der Waals surface area contributed by atoms with Crippen molar-refractivity contribution in [2.75, 3.05) is 0 Å². The fourth-order valence-corrected chi connectivity index (χ4v) is 2.18. The van der Waals surface area contributed by atoms with Crippen molar-refractivity contribution in [1.29, 1.82) is 0 Å². The maximum Gasteiger partial charge on any atom is 0.125 e. The molecule has 0 atom stereocenters. The monoisotopic (exact) mass is 246 g/mol. The summed E-state index contributed by atoms with van der Waals surface area (Å²) in [6.45, 7) is 4.61. The molecule has 0 saturated carbocycles. The number of ether oxygens (including phenoxy) is 1. The van der Waals surface area contributed by atoms with Crippen LogP contribution in [0.15, 0.2) is 42.5 Å². The Hall–Kier alpha value is -1.47. The van der Waals surface area contributed by atoms with Crippen molar-refractivity contribution in [3.05, 3.63) is 64.2 Å². The van der Waals surface area contributed by atoms with Crippen LogP contribution in [0.25, 0.3) is 0 Å². The number of rotatable bonds is 3. The number of benzene rings is 2. The van der Waals surface area contributed by atoms with Gasteiger partial charge < -0.3 is 4.74 Å². The summed E-state index contributed by atoms with van der Waals surface area (Å²) in [5.41, 5.74) is 3.32. The molecule has 0 bridgehead atoms. The first-order valence-electron chi connectivity index (χ1n) is 5.60. The lowest BCUT2D eigenvalue weighted by molar-refractivity contribution is 0.302. The van der Waals surface area contributed by atoms with Gasteiger partial charge in [-0.05, 0) is 42.7 Å². The highest BCUT2D eigenvalue weighted by molar-refractivity contribution is 6.30. The van der Waals surface area contributed by atoms with Crippen LogP contribution in [0.4, 0.5) is 0 Å². The molecule has 0 unspecified atom stereocenters. The van der Waals surface area contributed by atoms with Gasteiger partial charge in [0.1, 0.15) is 12.4 Å². The van der Waals surface area contributed by atoms with Crippen molar-refractivity contribution in [2.45, 2.75) is 20.5 Å². The van der Waals surface area contributed by atoms with Crippen LogP contribution in [0.5, 0.6) is 5.75 Å². The van der Waals surface area contributed by atoms with Crippen molar-refractivity contribution in [3.63, 3.8) is 0 Å². The SMILES string of the molecule is Cc1cc(Cl)cc(C)c1OCc1ccccc1. The Labute approximate surface area is 107 Å². The van der Waals surface area contributed by atoms with Gasteiger partial charge in [0.15, 0.2) is 0 Å². The van der Waals surface area contributed by atoms with Gasteiger partial charge in [-0.3, -0.25) is 0 Å². The fraction of sp³-hybridized carbons (Fsp3) is 0.200. The molecule has 2 aromatic carbocycles. The van der Waals surface area contributed by atoms with Crippen LogP contribution in [0, 0.1) is 13.8 Å². The van der Waals surface area contributed by atoms with Crippen molar-refractivity contribution in [3.8, 4) is 5.75 Å². The first-order valence-corrected chi connectivity index (χ1v) is 5.98. The quantitative estimate of drug-likeness (QED) is 0.773. The van der Waals surface area contributed by atoms with Crippen molar-refractivity contribution in [2.24, 2.45) is 0 Å². The molecule has 2 heteroatoms. The van der Waals surface area contributed by atoms with Crippen molar-refractivity contribution in [1.82, 2.24) is 0 Å². The van der Waals surface area contributed by atoms with Gasteiger partial charge in [-0.15, -0.1) is 0 Å². The van der Waals surface area contributed by atoms with Gasteiger partial charge >= 0.3 is 0 Å². The van der Waals surface area contributed by atoms with E-state index in [0.29, 0.717) is 6.61 Å². The standard InChI is InChI=1S/C15H15ClO/c1-11-8-14(16)9-12(2)15(11)17-10-13-6-4-3-5-7-13/h3-9H,10H2,1-2H3. The van der Waals surface area contributed by atoms with Crippen LogP contribution in [0.2, 0.25) is 5.02 Å². The molecule has 0 spiro atoms. The van der Waals surface area contributed by atoms with Gasteiger partial charge in [0.25, 0.3) is 0 Å². The lowest BCUT2D eigenvalue weighted by Gasteiger charge is -2.12. The van der Waals surface area contributed by atoms with Crippen LogP contribution < -0.4 is 4.74 Å². The molecule has 0 N–H and O–H groups in total. The molecule has 0 amide bonds. The number of aryl methyl sites for hydroxylation is 2. The average molecular weight is 247 g/mol. The van der Waals surface area contributed by atoms with Crippen LogP contribution in [0.3, 0.4) is 0 Å². The molecule has 1 nitrogen and oxygen atoms in total. The normalized spacial score (nSPS) is 10.3. The highest BCUT2D eigenvalue weighted by Gasteiger charge is 2.05. The Morgan fingerprint density at radius 1 is 1.00 bits per heavy atom. The molecule has 0 fully saturated rings. The Morgan fingerprint density at radius 3 is 2.18 bits per heavy atom. The molecule has 2 aromatic rings. The molecule has 0 saturated heterocycles. The highest BCUT2D eigenvalue weighted by atomic mass is 35.5. The zero-order chi connectivity index (χ0) is 12.3. The number of hydrogen-bond acceptors (Lipinski definition) is 1. The minimum Gasteiger partial charge on any atom is -0.488 e. The summed E-state index contributed by atoms with van der Waals surface area (Å²) >= 11 is 5.98. The molecule has 0 aromatic heterocycles. The first-order chi connectivity index (χ1) is 8.16. The predicted molar refractivity (Wildman–Crippen MR) is 71.7 cm³/mol. The smallest absolute Gasteiger partial charge is 0.125 e. The average Bonchev–Trinajstić information content (AvgIpc) is 2.29. The lowest BCUT2D eigenvalue weighted by Crippen LogP contribution is -1.98. The summed E-state index contributed by atoms with van der Waals surface area (Å²) in [6.07, 6.45) is 0. The predicted octanol–water partition coefficient (Wildman–Crippen LogP) is 4.54. The van der Waals surface area contributed by atoms with Crippen LogP contribution in [-0.2, 0) is 6.61 Å². The molecule has 88 valence electrons. The van der Waals surface area contributed by atoms with Crippen LogP contribution in [-0.4, -0.2) is 0 Å². The molecule has 0 aliphatic rings. The van der Waals surface area contributed by atoms with Crippen LogP contribution in [0.1, 0.15) is 16.7 Å². The van der Waals surface area contributed by atoms with E-state index in [1.807, 2.05) is 44.2 Å². The van der Waals surface area contributed by atoms with E-state index in [0.717, 1.165) is 21.9 Å². The molecule has 0 radical (unpaired) electrons. The summed E-state index contributed by atoms with van der Waals surface area (Å²) in [4.78, 5) is 0. The van der Waals surface area contributed by atoms with Gasteiger partial charge in [-0.1, -0.05) is 41.9 Å². The van der Waals surface area contributed by atoms with E-state index in [4.69, 9.17) is 16.3 Å². The molecule has 0 aliphatic heterocycles. The fourth-order valence-electron chi connectivity index (χ4n) is 1.85. The Balaban J connectivity index is 2.15. The largest absolute Gasteiger partial charge is 0.488 e. The summed E-state index contributed by atoms with van der Waals surface area (Å²) in [7, 11) is 0. The van der Waals surface area contributed by atoms with Crippen molar-refractivity contribution < 1.29 is 4.74 Å². The van der Waals surface area contributed by atoms with Gasteiger partial charge in [-0.2, -0.15) is 0 Å². The van der Waals surface area contributed by atoms with Crippen LogP contribution >= 0.6 is 11.6 Å². The minimum atomic E-state index is 0.587. The van der Waals surface area contributed by atoms with Gasteiger partial charge in [-0.25, -0.2) is 0 Å². The second-order valence-electron chi connectivity index (χ2n) is 4.14. The third-order valence-electron chi connectivity index (χ3n) is 2.65. The maximum atomic E-state index is 5.98. The number of halogens is 1. The molecular weight excluding hydrogens is 232 g/mol. The molecule has 0 heterocycles. The Kier molecular flexibility index (Phi) is 3.70. The summed E-state index contributed by atoms with van der Waals surface area (Å²) in [5, 5.41) is 0.757. The summed E-state index contributed by atoms with van der Waals surface area (Å²) in [6, 6.07) is 14.0. The third kappa shape index (κ3) is 3.01. The second kappa shape index (κ2) is 5.24.